The SMILES string of the molecule is [Ac].[NH-]C(CCCc1ccccc1)C(=O)O. The Bertz CT molecular complexity index is 290. The second-order valence-electron chi connectivity index (χ2n) is 3.27. The summed E-state index contributed by atoms with van der Waals surface area (Å²) in [5.41, 5.74) is 8.39. The fourth-order valence-electron chi connectivity index (χ4n) is 1.28. The molecule has 2 N–H and O–H groups in total. The van der Waals surface area contributed by atoms with E-state index in [0.717, 1.165) is 12.8 Å². The third-order valence-electron chi connectivity index (χ3n) is 2.10. The molecule has 15 heavy (non-hydrogen) atoms. The molecule has 1 unspecified atom stereocenters. The Labute approximate surface area is 126 Å². The Morgan fingerprint density at radius 1 is 1.33 bits per heavy atom. The number of hydrogen-bond acceptors (Lipinski definition) is 1. The predicted molar refractivity (Wildman–Crippen MR) is 55.1 cm³/mol. The topological polar surface area (TPSA) is 61.1 Å². The molecule has 0 heterocycles. The molecule has 0 aliphatic heterocycles. The normalized spacial score (nSPS) is 11.5. The number of carboxylic acid groups (broad SMARTS) is 1. The summed E-state index contributed by atoms with van der Waals surface area (Å²) in [6.45, 7) is 0. The number of rotatable bonds is 5. The first-order chi connectivity index (χ1) is 6.70. The van der Waals surface area contributed by atoms with Gasteiger partial charge in [-0.05, 0) is 18.0 Å². The van der Waals surface area contributed by atoms with Gasteiger partial charge in [-0.25, -0.2) is 0 Å². The summed E-state index contributed by atoms with van der Waals surface area (Å²) in [4.78, 5) is 10.4. The van der Waals surface area contributed by atoms with E-state index in [0.29, 0.717) is 6.42 Å². The molecule has 0 fully saturated rings. The molecule has 0 aromatic heterocycles. The largest absolute Gasteiger partial charge is 0.665 e. The molecule has 1 rings (SSSR count). The van der Waals surface area contributed by atoms with Crippen molar-refractivity contribution in [1.82, 2.24) is 0 Å². The van der Waals surface area contributed by atoms with E-state index in [-0.39, 0.29) is 44.1 Å². The molecule has 1 aromatic rings. The van der Waals surface area contributed by atoms with E-state index in [1.807, 2.05) is 30.3 Å². The van der Waals surface area contributed by atoms with E-state index in [4.69, 9.17) is 10.8 Å². The van der Waals surface area contributed by atoms with Gasteiger partial charge in [0.05, 0.1) is 0 Å². The van der Waals surface area contributed by atoms with Crippen LogP contribution in [0.4, 0.5) is 0 Å². The van der Waals surface area contributed by atoms with Gasteiger partial charge >= 0.3 is 0 Å². The van der Waals surface area contributed by atoms with Crippen LogP contribution in [0.15, 0.2) is 30.3 Å². The van der Waals surface area contributed by atoms with Gasteiger partial charge < -0.3 is 10.8 Å². The average Bonchev–Trinajstić information content (AvgIpc) is 2.19. The standard InChI is InChI=1S/C11H14NO2.Ac/c12-10(11(13)14)8-4-7-9-5-2-1-3-6-9;/h1-3,5-6,10,12H,4,7-8H2,(H,13,14);/q-1;. The van der Waals surface area contributed by atoms with Crippen molar-refractivity contribution in [3.63, 3.8) is 0 Å². The summed E-state index contributed by atoms with van der Waals surface area (Å²) < 4.78 is 0. The Morgan fingerprint density at radius 2 is 1.93 bits per heavy atom. The molecule has 0 spiro atoms. The minimum atomic E-state index is -1.03. The van der Waals surface area contributed by atoms with Crippen LogP contribution in [-0.4, -0.2) is 17.1 Å². The molecule has 0 saturated carbocycles. The van der Waals surface area contributed by atoms with Gasteiger partial charge in [0.25, 0.3) is 5.97 Å². The van der Waals surface area contributed by atoms with E-state index in [1.54, 1.807) is 0 Å². The van der Waals surface area contributed by atoms with Crippen molar-refractivity contribution in [2.75, 3.05) is 0 Å². The molecule has 0 aliphatic carbocycles. The first kappa shape index (κ1) is 15.1. The van der Waals surface area contributed by atoms with Gasteiger partial charge in [-0.2, -0.15) is 0 Å². The van der Waals surface area contributed by atoms with Crippen LogP contribution in [-0.2, 0) is 11.2 Å². The van der Waals surface area contributed by atoms with E-state index < -0.39 is 12.0 Å². The zero-order chi connectivity index (χ0) is 10.4. The predicted octanol–water partition coefficient (Wildman–Crippen LogP) is 2.51. The number of aliphatic carboxylic acids is 1. The van der Waals surface area contributed by atoms with Crippen LogP contribution in [0.3, 0.4) is 0 Å². The van der Waals surface area contributed by atoms with E-state index in [2.05, 4.69) is 0 Å². The molecule has 79 valence electrons. The number of benzene rings is 1. The number of carbonyl (C=O) groups is 1. The number of carboxylic acids is 1. The summed E-state index contributed by atoms with van der Waals surface area (Å²) in [5.74, 6) is -1.03. The van der Waals surface area contributed by atoms with Crippen LogP contribution < -0.4 is 0 Å². The van der Waals surface area contributed by atoms with Crippen molar-refractivity contribution < 1.29 is 54.0 Å². The quantitative estimate of drug-likeness (QED) is 0.798. The Hall–Kier alpha value is 0.0916. The van der Waals surface area contributed by atoms with Gasteiger partial charge in [-0.15, -0.1) is 0 Å². The molecular formula is C11H14AcNO2-. The minimum Gasteiger partial charge on any atom is -0.665 e. The fourth-order valence-corrected chi connectivity index (χ4v) is 1.28. The van der Waals surface area contributed by atoms with Gasteiger partial charge in [0.2, 0.25) is 0 Å². The van der Waals surface area contributed by atoms with Crippen molar-refractivity contribution in [3.8, 4) is 0 Å². The third kappa shape index (κ3) is 6.29. The summed E-state index contributed by atoms with van der Waals surface area (Å²) in [5, 5.41) is 8.49. The molecule has 0 saturated heterocycles. The van der Waals surface area contributed by atoms with E-state index in [9.17, 15) is 4.79 Å². The minimum absolute atomic E-state index is 0. The van der Waals surface area contributed by atoms with Crippen LogP contribution in [0, 0.1) is 44.1 Å². The number of hydrogen-bond donors (Lipinski definition) is 1. The second kappa shape index (κ2) is 8.27. The van der Waals surface area contributed by atoms with Crippen LogP contribution in [0.2, 0.25) is 0 Å². The Kier molecular flexibility index (Phi) is 8.32. The maximum Gasteiger partial charge on any atom is 0.285 e. The van der Waals surface area contributed by atoms with E-state index >= 15 is 0 Å². The molecule has 0 amide bonds. The van der Waals surface area contributed by atoms with Crippen molar-refractivity contribution in [1.29, 1.82) is 0 Å². The second-order valence-corrected chi connectivity index (χ2v) is 3.27. The summed E-state index contributed by atoms with van der Waals surface area (Å²) in [7, 11) is 0. The van der Waals surface area contributed by atoms with Crippen LogP contribution >= 0.6 is 0 Å². The van der Waals surface area contributed by atoms with E-state index in [1.165, 1.54) is 5.56 Å². The van der Waals surface area contributed by atoms with Crippen LogP contribution in [0.1, 0.15) is 18.4 Å². The smallest absolute Gasteiger partial charge is 0.285 e. The molecule has 4 heteroatoms. The monoisotopic (exact) mass is 419 g/mol. The Morgan fingerprint density at radius 3 is 2.47 bits per heavy atom. The van der Waals surface area contributed by atoms with Crippen molar-refractivity contribution in [2.24, 2.45) is 0 Å². The van der Waals surface area contributed by atoms with Gasteiger partial charge in [-0.3, -0.25) is 4.79 Å². The summed E-state index contributed by atoms with van der Waals surface area (Å²) >= 11 is 0. The summed E-state index contributed by atoms with van der Waals surface area (Å²) in [6, 6.07) is 8.93. The summed E-state index contributed by atoms with van der Waals surface area (Å²) in [6.07, 6.45) is 2.03. The van der Waals surface area contributed by atoms with Gasteiger partial charge in [-0.1, -0.05) is 43.2 Å². The molecule has 1 radical (unpaired) electrons. The zero-order valence-corrected chi connectivity index (χ0v) is 13.3. The zero-order valence-electron chi connectivity index (χ0n) is 8.52. The number of nitrogens with one attached hydrogen (secondary N) is 1. The molecule has 0 aliphatic rings. The maximum absolute atomic E-state index is 10.4. The molecule has 0 bridgehead atoms. The fraction of sp³-hybridized carbons (Fsp3) is 0.364. The molecular weight excluding hydrogens is 405 g/mol. The molecule has 1 atom stereocenters. The first-order valence-corrected chi connectivity index (χ1v) is 4.68. The van der Waals surface area contributed by atoms with Gasteiger partial charge in [0, 0.05) is 44.1 Å². The Balaban J connectivity index is 0.00000196. The third-order valence-corrected chi connectivity index (χ3v) is 2.10. The molecule has 3 nitrogen and oxygen atoms in total. The maximum atomic E-state index is 10.4. The van der Waals surface area contributed by atoms with Crippen LogP contribution in [0.25, 0.3) is 5.73 Å². The van der Waals surface area contributed by atoms with Crippen LogP contribution in [0.5, 0.6) is 0 Å². The van der Waals surface area contributed by atoms with Gasteiger partial charge in [0.15, 0.2) is 0 Å². The average molecular weight is 419 g/mol. The van der Waals surface area contributed by atoms with Gasteiger partial charge in [0.1, 0.15) is 0 Å². The number of aryl methyl sites for hydroxylation is 1. The van der Waals surface area contributed by atoms with Crippen molar-refractivity contribution in [3.05, 3.63) is 41.6 Å². The molecule has 1 aromatic carbocycles. The van der Waals surface area contributed by atoms with Crippen molar-refractivity contribution in [2.45, 2.75) is 25.3 Å². The first-order valence-electron chi connectivity index (χ1n) is 4.68. The van der Waals surface area contributed by atoms with Crippen molar-refractivity contribution >= 4 is 5.97 Å².